The van der Waals surface area contributed by atoms with E-state index >= 15 is 0 Å². The Balaban J connectivity index is 1.68. The highest BCUT2D eigenvalue weighted by atomic mass is 32.1. The summed E-state index contributed by atoms with van der Waals surface area (Å²) in [4.78, 5) is 15.6. The zero-order valence-corrected chi connectivity index (χ0v) is 12.5. The monoisotopic (exact) mass is 282 g/mol. The van der Waals surface area contributed by atoms with E-state index in [1.54, 1.807) is 6.92 Å². The Labute approximate surface area is 118 Å². The minimum absolute atomic E-state index is 0.0184. The van der Waals surface area contributed by atoms with Gasteiger partial charge in [-0.1, -0.05) is 0 Å². The van der Waals surface area contributed by atoms with Crippen molar-refractivity contribution >= 4 is 17.2 Å². The Morgan fingerprint density at radius 1 is 1.63 bits per heavy atom. The second-order valence-electron chi connectivity index (χ2n) is 4.78. The molecule has 1 N–H and O–H groups in total. The standard InChI is InChI=1S/C14H22N2O2S/c1-3-18-11(2)14(17)15-6-8-16-7-4-13-12(10-16)5-9-19-13/h5,9,11H,3-4,6-8,10H2,1-2H3,(H,15,17). The molecule has 106 valence electrons. The van der Waals surface area contributed by atoms with E-state index in [-0.39, 0.29) is 12.0 Å². The van der Waals surface area contributed by atoms with Crippen molar-refractivity contribution in [3.8, 4) is 0 Å². The fraction of sp³-hybridized carbons (Fsp3) is 0.643. The average Bonchev–Trinajstić information content (AvgIpc) is 2.86. The number of carbonyl (C=O) groups is 1. The fourth-order valence-corrected chi connectivity index (χ4v) is 3.19. The first-order valence-corrected chi connectivity index (χ1v) is 7.75. The largest absolute Gasteiger partial charge is 0.369 e. The van der Waals surface area contributed by atoms with Crippen molar-refractivity contribution < 1.29 is 9.53 Å². The summed E-state index contributed by atoms with van der Waals surface area (Å²) in [6, 6.07) is 2.21. The Morgan fingerprint density at radius 2 is 2.47 bits per heavy atom. The number of carbonyl (C=O) groups excluding carboxylic acids is 1. The number of rotatable bonds is 6. The lowest BCUT2D eigenvalue weighted by molar-refractivity contribution is -0.131. The van der Waals surface area contributed by atoms with Crippen LogP contribution in [-0.2, 0) is 22.5 Å². The van der Waals surface area contributed by atoms with Crippen LogP contribution in [0.1, 0.15) is 24.3 Å². The van der Waals surface area contributed by atoms with Crippen molar-refractivity contribution in [2.45, 2.75) is 32.9 Å². The third-order valence-electron chi connectivity index (χ3n) is 3.40. The number of fused-ring (bicyclic) bond motifs is 1. The van der Waals surface area contributed by atoms with Gasteiger partial charge in [0.1, 0.15) is 6.10 Å². The molecular formula is C14H22N2O2S. The molecule has 19 heavy (non-hydrogen) atoms. The second-order valence-corrected chi connectivity index (χ2v) is 5.78. The van der Waals surface area contributed by atoms with Crippen molar-refractivity contribution in [2.24, 2.45) is 0 Å². The van der Waals surface area contributed by atoms with Crippen LogP contribution in [0, 0.1) is 0 Å². The van der Waals surface area contributed by atoms with E-state index in [9.17, 15) is 4.79 Å². The van der Waals surface area contributed by atoms with Crippen molar-refractivity contribution in [3.63, 3.8) is 0 Å². The molecule has 0 aromatic carbocycles. The van der Waals surface area contributed by atoms with Crippen LogP contribution in [0.15, 0.2) is 11.4 Å². The third-order valence-corrected chi connectivity index (χ3v) is 4.42. The summed E-state index contributed by atoms with van der Waals surface area (Å²) in [6.07, 6.45) is 0.783. The van der Waals surface area contributed by atoms with Gasteiger partial charge in [0, 0.05) is 37.7 Å². The molecule has 0 fully saturated rings. The maximum Gasteiger partial charge on any atom is 0.248 e. The van der Waals surface area contributed by atoms with Crippen molar-refractivity contribution in [3.05, 3.63) is 21.9 Å². The molecule has 1 aliphatic rings. The lowest BCUT2D eigenvalue weighted by atomic mass is 10.1. The summed E-state index contributed by atoms with van der Waals surface area (Å²) in [6.45, 7) is 7.95. The molecule has 1 amide bonds. The maximum absolute atomic E-state index is 11.7. The highest BCUT2D eigenvalue weighted by molar-refractivity contribution is 7.10. The van der Waals surface area contributed by atoms with Gasteiger partial charge < -0.3 is 10.1 Å². The molecule has 4 nitrogen and oxygen atoms in total. The topological polar surface area (TPSA) is 41.6 Å². The number of nitrogens with one attached hydrogen (secondary N) is 1. The first-order chi connectivity index (χ1) is 9.20. The van der Waals surface area contributed by atoms with Gasteiger partial charge in [0.05, 0.1) is 0 Å². The molecule has 1 aromatic heterocycles. The van der Waals surface area contributed by atoms with Gasteiger partial charge in [0.15, 0.2) is 0 Å². The predicted molar refractivity (Wildman–Crippen MR) is 77.4 cm³/mol. The van der Waals surface area contributed by atoms with E-state index in [1.807, 2.05) is 18.3 Å². The molecule has 5 heteroatoms. The molecule has 0 saturated carbocycles. The molecule has 0 spiro atoms. The number of nitrogens with zero attached hydrogens (tertiary/aromatic N) is 1. The molecule has 2 rings (SSSR count). The highest BCUT2D eigenvalue weighted by Crippen LogP contribution is 2.23. The second kappa shape index (κ2) is 7.03. The molecule has 0 radical (unpaired) electrons. The molecule has 2 heterocycles. The number of amides is 1. The first kappa shape index (κ1) is 14.5. The fourth-order valence-electron chi connectivity index (χ4n) is 2.30. The van der Waals surface area contributed by atoms with Gasteiger partial charge in [-0.15, -0.1) is 11.3 Å². The zero-order valence-electron chi connectivity index (χ0n) is 11.6. The van der Waals surface area contributed by atoms with Gasteiger partial charge in [-0.05, 0) is 37.3 Å². The van der Waals surface area contributed by atoms with Crippen LogP contribution in [0.2, 0.25) is 0 Å². The average molecular weight is 282 g/mol. The molecule has 1 unspecified atom stereocenters. The van der Waals surface area contributed by atoms with Crippen molar-refractivity contribution in [2.75, 3.05) is 26.2 Å². The number of thiophene rings is 1. The molecule has 1 aliphatic heterocycles. The molecule has 1 atom stereocenters. The first-order valence-electron chi connectivity index (χ1n) is 6.87. The predicted octanol–water partition coefficient (Wildman–Crippen LogP) is 1.65. The van der Waals surface area contributed by atoms with Gasteiger partial charge in [-0.3, -0.25) is 9.69 Å². The van der Waals surface area contributed by atoms with Crippen LogP contribution in [0.5, 0.6) is 0 Å². The lowest BCUT2D eigenvalue weighted by Gasteiger charge is -2.26. The van der Waals surface area contributed by atoms with E-state index in [2.05, 4.69) is 21.7 Å². The van der Waals surface area contributed by atoms with Gasteiger partial charge in [0.25, 0.3) is 0 Å². The molecule has 1 aromatic rings. The zero-order chi connectivity index (χ0) is 13.7. The van der Waals surface area contributed by atoms with Crippen LogP contribution in [0.25, 0.3) is 0 Å². The Kier molecular flexibility index (Phi) is 5.36. The smallest absolute Gasteiger partial charge is 0.248 e. The molecular weight excluding hydrogens is 260 g/mol. The van der Waals surface area contributed by atoms with Crippen LogP contribution in [0.3, 0.4) is 0 Å². The SMILES string of the molecule is CCOC(C)C(=O)NCCN1CCc2sccc2C1. The van der Waals surface area contributed by atoms with E-state index < -0.39 is 0 Å². The summed E-state index contributed by atoms with van der Waals surface area (Å²) < 4.78 is 5.26. The third kappa shape index (κ3) is 4.03. The van der Waals surface area contributed by atoms with Crippen LogP contribution in [-0.4, -0.2) is 43.2 Å². The van der Waals surface area contributed by atoms with E-state index in [0.29, 0.717) is 13.2 Å². The van der Waals surface area contributed by atoms with E-state index in [0.717, 1.165) is 26.1 Å². The van der Waals surface area contributed by atoms with Gasteiger partial charge >= 0.3 is 0 Å². The Morgan fingerprint density at radius 3 is 3.26 bits per heavy atom. The number of hydrogen-bond acceptors (Lipinski definition) is 4. The Bertz CT molecular complexity index is 419. The van der Waals surface area contributed by atoms with E-state index in [1.165, 1.54) is 10.4 Å². The number of ether oxygens (including phenoxy) is 1. The minimum Gasteiger partial charge on any atom is -0.369 e. The summed E-state index contributed by atoms with van der Waals surface area (Å²) in [5.41, 5.74) is 1.45. The molecule has 0 saturated heterocycles. The van der Waals surface area contributed by atoms with Gasteiger partial charge in [0.2, 0.25) is 5.91 Å². The van der Waals surface area contributed by atoms with Crippen molar-refractivity contribution in [1.29, 1.82) is 0 Å². The van der Waals surface area contributed by atoms with Gasteiger partial charge in [-0.2, -0.15) is 0 Å². The summed E-state index contributed by atoms with van der Waals surface area (Å²) in [5, 5.41) is 5.10. The Hall–Kier alpha value is -0.910. The van der Waals surface area contributed by atoms with Crippen molar-refractivity contribution in [1.82, 2.24) is 10.2 Å². The highest BCUT2D eigenvalue weighted by Gasteiger charge is 2.17. The molecule has 0 bridgehead atoms. The van der Waals surface area contributed by atoms with Crippen LogP contribution in [0.4, 0.5) is 0 Å². The summed E-state index contributed by atoms with van der Waals surface area (Å²) in [5.74, 6) is -0.0184. The lowest BCUT2D eigenvalue weighted by Crippen LogP contribution is -2.41. The number of hydrogen-bond donors (Lipinski definition) is 1. The minimum atomic E-state index is -0.352. The van der Waals surface area contributed by atoms with Crippen LogP contribution >= 0.6 is 11.3 Å². The molecule has 0 aliphatic carbocycles. The van der Waals surface area contributed by atoms with Crippen LogP contribution < -0.4 is 5.32 Å². The van der Waals surface area contributed by atoms with E-state index in [4.69, 9.17) is 4.74 Å². The maximum atomic E-state index is 11.7. The normalized spacial score (nSPS) is 16.9. The summed E-state index contributed by atoms with van der Waals surface area (Å²) in [7, 11) is 0. The summed E-state index contributed by atoms with van der Waals surface area (Å²) >= 11 is 1.85. The quantitative estimate of drug-likeness (QED) is 0.862. The van der Waals surface area contributed by atoms with Gasteiger partial charge in [-0.25, -0.2) is 0 Å².